The molecule has 1 saturated carbocycles. The van der Waals surface area contributed by atoms with Gasteiger partial charge in [-0.2, -0.15) is 17.4 Å². The van der Waals surface area contributed by atoms with Crippen LogP contribution in [0.15, 0.2) is 54.6 Å². The minimum absolute atomic E-state index is 0.0440. The van der Waals surface area contributed by atoms with E-state index in [0.717, 1.165) is 35.6 Å². The van der Waals surface area contributed by atoms with Crippen molar-refractivity contribution in [2.24, 2.45) is 5.92 Å². The minimum Gasteiger partial charge on any atom is -0.410 e. The van der Waals surface area contributed by atoms with Gasteiger partial charge in [0.05, 0.1) is 12.7 Å². The zero-order valence-electron chi connectivity index (χ0n) is 21.4. The van der Waals surface area contributed by atoms with Gasteiger partial charge >= 0.3 is 6.09 Å². The molecule has 10 heteroatoms. The molecule has 0 aromatic heterocycles. The van der Waals surface area contributed by atoms with Crippen molar-refractivity contribution in [2.45, 2.75) is 50.2 Å². The van der Waals surface area contributed by atoms with E-state index in [-0.39, 0.29) is 23.9 Å². The van der Waals surface area contributed by atoms with Crippen LogP contribution in [0.2, 0.25) is 0 Å². The standard InChI is InChI=1S/C27H36FN3O5S/c1-30(2)37(33,34)29-26-15-16-31(27(32)36-25-9-4-3-5-10-25)18-22(26)19-35-24-13-11-20(12-14-24)21-7-6-8-23(28)17-21/h3-10,17,20,22,24,26,29H,11-16,18-19H2,1-2H3/t20-,22-,24+,26?/m0/s1. The van der Waals surface area contributed by atoms with E-state index >= 15 is 0 Å². The number of carbonyl (C=O) groups excluding carboxylic acids is 1. The van der Waals surface area contributed by atoms with E-state index < -0.39 is 16.3 Å². The molecule has 202 valence electrons. The Morgan fingerprint density at radius 2 is 1.78 bits per heavy atom. The first-order valence-electron chi connectivity index (χ1n) is 12.8. The van der Waals surface area contributed by atoms with E-state index in [1.807, 2.05) is 12.1 Å². The van der Waals surface area contributed by atoms with Crippen LogP contribution in [0.3, 0.4) is 0 Å². The Morgan fingerprint density at radius 3 is 2.46 bits per heavy atom. The molecule has 1 aliphatic heterocycles. The molecule has 1 heterocycles. The lowest BCUT2D eigenvalue weighted by atomic mass is 9.82. The van der Waals surface area contributed by atoms with Crippen LogP contribution in [-0.2, 0) is 14.9 Å². The van der Waals surface area contributed by atoms with Gasteiger partial charge in [0, 0.05) is 39.1 Å². The number of nitrogens with zero attached hydrogens (tertiary/aromatic N) is 2. The van der Waals surface area contributed by atoms with Crippen LogP contribution < -0.4 is 9.46 Å². The number of amides is 1. The highest BCUT2D eigenvalue weighted by Crippen LogP contribution is 2.34. The van der Waals surface area contributed by atoms with E-state index in [4.69, 9.17) is 9.47 Å². The number of carbonyl (C=O) groups is 1. The summed E-state index contributed by atoms with van der Waals surface area (Å²) in [7, 11) is -0.672. The number of halogens is 1. The maximum Gasteiger partial charge on any atom is 0.415 e. The maximum atomic E-state index is 13.6. The van der Waals surface area contributed by atoms with E-state index in [9.17, 15) is 17.6 Å². The summed E-state index contributed by atoms with van der Waals surface area (Å²) in [5.41, 5.74) is 1.02. The lowest BCUT2D eigenvalue weighted by Gasteiger charge is -2.39. The van der Waals surface area contributed by atoms with Crippen LogP contribution in [0.1, 0.15) is 43.6 Å². The van der Waals surface area contributed by atoms with Crippen molar-refractivity contribution < 1.29 is 27.1 Å². The van der Waals surface area contributed by atoms with Gasteiger partial charge in [-0.05, 0) is 67.9 Å². The lowest BCUT2D eigenvalue weighted by molar-refractivity contribution is -0.0146. The molecule has 2 atom stereocenters. The normalized spacial score (nSPS) is 24.7. The van der Waals surface area contributed by atoms with Crippen LogP contribution in [-0.4, -0.2) is 69.7 Å². The Balaban J connectivity index is 1.36. The smallest absolute Gasteiger partial charge is 0.410 e. The van der Waals surface area contributed by atoms with Crippen molar-refractivity contribution in [3.8, 4) is 5.75 Å². The van der Waals surface area contributed by atoms with Crippen molar-refractivity contribution in [1.29, 1.82) is 0 Å². The number of likely N-dealkylation sites (tertiary alicyclic amines) is 1. The lowest BCUT2D eigenvalue weighted by Crippen LogP contribution is -2.55. The summed E-state index contributed by atoms with van der Waals surface area (Å²) in [4.78, 5) is 14.4. The van der Waals surface area contributed by atoms with Gasteiger partial charge in [0.2, 0.25) is 0 Å². The minimum atomic E-state index is -3.64. The van der Waals surface area contributed by atoms with E-state index in [2.05, 4.69) is 4.72 Å². The SMILES string of the molecule is CN(C)S(=O)(=O)NC1CCN(C(=O)Oc2ccccc2)C[C@H]1CO[C@H]1CC[C@@H](c2cccc(F)c2)CC1. The Bertz CT molecular complexity index is 1140. The average molecular weight is 534 g/mol. The van der Waals surface area contributed by atoms with E-state index in [1.54, 1.807) is 41.3 Å². The molecule has 1 N–H and O–H groups in total. The van der Waals surface area contributed by atoms with Crippen LogP contribution in [0.5, 0.6) is 5.75 Å². The predicted octanol–water partition coefficient (Wildman–Crippen LogP) is 4.15. The van der Waals surface area contributed by atoms with Crippen molar-refractivity contribution in [3.63, 3.8) is 0 Å². The van der Waals surface area contributed by atoms with Gasteiger partial charge in [0.15, 0.2) is 0 Å². The molecule has 1 aliphatic carbocycles. The predicted molar refractivity (Wildman–Crippen MR) is 139 cm³/mol. The Morgan fingerprint density at radius 1 is 1.05 bits per heavy atom. The monoisotopic (exact) mass is 533 g/mol. The highest BCUT2D eigenvalue weighted by atomic mass is 32.2. The van der Waals surface area contributed by atoms with Crippen LogP contribution in [0, 0.1) is 11.7 Å². The highest BCUT2D eigenvalue weighted by Gasteiger charge is 2.36. The van der Waals surface area contributed by atoms with E-state index in [0.29, 0.717) is 37.8 Å². The third-order valence-electron chi connectivity index (χ3n) is 7.26. The average Bonchev–Trinajstić information content (AvgIpc) is 2.88. The molecule has 0 bridgehead atoms. The quantitative estimate of drug-likeness (QED) is 0.551. The topological polar surface area (TPSA) is 88.2 Å². The first-order chi connectivity index (χ1) is 17.7. The summed E-state index contributed by atoms with van der Waals surface area (Å²) in [6.45, 7) is 1.03. The number of ether oxygens (including phenoxy) is 2. The summed E-state index contributed by atoms with van der Waals surface area (Å²) in [5, 5.41) is 0. The molecular formula is C27H36FN3O5S. The molecule has 0 spiro atoms. The number of hydrogen-bond acceptors (Lipinski definition) is 5. The molecule has 0 radical (unpaired) electrons. The molecule has 2 fully saturated rings. The van der Waals surface area contributed by atoms with Crippen molar-refractivity contribution >= 4 is 16.3 Å². The third-order valence-corrected chi connectivity index (χ3v) is 8.82. The van der Waals surface area contributed by atoms with Crippen LogP contribution in [0.4, 0.5) is 9.18 Å². The molecule has 1 amide bonds. The molecule has 2 aromatic rings. The van der Waals surface area contributed by atoms with Gasteiger partial charge in [0.25, 0.3) is 10.2 Å². The second-order valence-electron chi connectivity index (χ2n) is 10.0. The number of benzene rings is 2. The van der Waals surface area contributed by atoms with Gasteiger partial charge in [-0.25, -0.2) is 9.18 Å². The number of rotatable bonds is 8. The number of hydrogen-bond donors (Lipinski definition) is 1. The van der Waals surface area contributed by atoms with Gasteiger partial charge in [-0.15, -0.1) is 0 Å². The molecule has 1 unspecified atom stereocenters. The first kappa shape index (κ1) is 27.5. The second kappa shape index (κ2) is 12.3. The summed E-state index contributed by atoms with van der Waals surface area (Å²) in [6, 6.07) is 15.3. The van der Waals surface area contributed by atoms with Gasteiger partial charge in [-0.3, -0.25) is 0 Å². The van der Waals surface area contributed by atoms with Crippen LogP contribution in [0.25, 0.3) is 0 Å². The molecule has 2 aliphatic rings. The van der Waals surface area contributed by atoms with Gasteiger partial charge < -0.3 is 14.4 Å². The fourth-order valence-electron chi connectivity index (χ4n) is 5.06. The molecular weight excluding hydrogens is 497 g/mol. The fourth-order valence-corrected chi connectivity index (χ4v) is 5.96. The third kappa shape index (κ3) is 7.50. The van der Waals surface area contributed by atoms with Crippen molar-refractivity contribution in [3.05, 3.63) is 66.0 Å². The van der Waals surface area contributed by atoms with Crippen molar-refractivity contribution in [1.82, 2.24) is 13.9 Å². The molecule has 2 aromatic carbocycles. The molecule has 8 nitrogen and oxygen atoms in total. The first-order valence-corrected chi connectivity index (χ1v) is 14.2. The number of para-hydroxylation sites is 1. The fraction of sp³-hybridized carbons (Fsp3) is 0.519. The second-order valence-corrected chi connectivity index (χ2v) is 12.0. The summed E-state index contributed by atoms with van der Waals surface area (Å²) in [6.07, 6.45) is 3.56. The Labute approximate surface area is 218 Å². The molecule has 37 heavy (non-hydrogen) atoms. The molecule has 4 rings (SSSR count). The number of nitrogens with one attached hydrogen (secondary N) is 1. The Kier molecular flexibility index (Phi) is 9.17. The summed E-state index contributed by atoms with van der Waals surface area (Å²) >= 11 is 0. The van der Waals surface area contributed by atoms with Gasteiger partial charge in [-0.1, -0.05) is 30.3 Å². The highest BCUT2D eigenvalue weighted by molar-refractivity contribution is 7.87. The van der Waals surface area contributed by atoms with Crippen molar-refractivity contribution in [2.75, 3.05) is 33.8 Å². The van der Waals surface area contributed by atoms with Crippen LogP contribution >= 0.6 is 0 Å². The summed E-state index contributed by atoms with van der Waals surface area (Å²) in [5.74, 6) is 0.335. The largest absolute Gasteiger partial charge is 0.415 e. The zero-order valence-corrected chi connectivity index (χ0v) is 22.2. The molecule has 1 saturated heterocycles. The van der Waals surface area contributed by atoms with Gasteiger partial charge in [0.1, 0.15) is 11.6 Å². The number of piperidine rings is 1. The zero-order chi connectivity index (χ0) is 26.4. The Hall–Kier alpha value is -2.53. The van der Waals surface area contributed by atoms with E-state index in [1.165, 1.54) is 20.2 Å². The maximum absolute atomic E-state index is 13.6. The summed E-state index contributed by atoms with van der Waals surface area (Å²) < 4.78 is 54.4.